The van der Waals surface area contributed by atoms with Crippen molar-refractivity contribution in [2.45, 2.75) is 6.54 Å². The van der Waals surface area contributed by atoms with E-state index in [4.69, 9.17) is 5.73 Å². The van der Waals surface area contributed by atoms with Crippen LogP contribution in [0.25, 0.3) is 0 Å². The zero-order chi connectivity index (χ0) is 15.6. The highest BCUT2D eigenvalue weighted by atomic mass is 19.1. The Morgan fingerprint density at radius 1 is 1.00 bits per heavy atom. The number of hydrogen-bond acceptors (Lipinski definition) is 2. The van der Waals surface area contributed by atoms with E-state index in [1.54, 1.807) is 0 Å². The van der Waals surface area contributed by atoms with Crippen LogP contribution in [0.2, 0.25) is 0 Å². The van der Waals surface area contributed by atoms with Gasteiger partial charge in [-0.05, 0) is 12.1 Å². The molecule has 0 aliphatic rings. The van der Waals surface area contributed by atoms with E-state index in [0.29, 0.717) is 12.1 Å². The summed E-state index contributed by atoms with van der Waals surface area (Å²) in [7, 11) is 0. The molecule has 0 atom stereocenters. The lowest BCUT2D eigenvalue weighted by Gasteiger charge is -2.08. The van der Waals surface area contributed by atoms with Crippen LogP contribution in [0.5, 0.6) is 0 Å². The topological polar surface area (TPSA) is 55.1 Å². The zero-order valence-electron chi connectivity index (χ0n) is 10.6. The third kappa shape index (κ3) is 3.31. The lowest BCUT2D eigenvalue weighted by atomic mass is 10.1. The van der Waals surface area contributed by atoms with Crippen molar-refractivity contribution in [3.8, 4) is 0 Å². The first-order valence-electron chi connectivity index (χ1n) is 5.85. The van der Waals surface area contributed by atoms with Crippen molar-refractivity contribution < 1.29 is 22.4 Å². The van der Waals surface area contributed by atoms with Crippen LogP contribution < -0.4 is 11.1 Å². The lowest BCUT2D eigenvalue weighted by molar-refractivity contribution is 0.0946. The third-order valence-electron chi connectivity index (χ3n) is 2.79. The highest BCUT2D eigenvalue weighted by Gasteiger charge is 2.15. The molecule has 0 aromatic heterocycles. The summed E-state index contributed by atoms with van der Waals surface area (Å²) in [6.07, 6.45) is 0. The molecule has 0 aliphatic carbocycles. The number of halogens is 4. The van der Waals surface area contributed by atoms with Crippen LogP contribution in [0, 0.1) is 23.3 Å². The van der Waals surface area contributed by atoms with Gasteiger partial charge in [-0.3, -0.25) is 4.79 Å². The van der Waals surface area contributed by atoms with Crippen molar-refractivity contribution in [2.24, 2.45) is 0 Å². The van der Waals surface area contributed by atoms with E-state index in [0.717, 1.165) is 18.2 Å². The number of nitrogens with one attached hydrogen (secondary N) is 1. The minimum atomic E-state index is -1.08. The number of nitrogens with two attached hydrogens (primary N) is 1. The molecule has 0 radical (unpaired) electrons. The molecular weight excluding hydrogens is 288 g/mol. The molecule has 2 aromatic rings. The molecule has 0 saturated heterocycles. The second kappa shape index (κ2) is 5.82. The van der Waals surface area contributed by atoms with Crippen LogP contribution in [0.4, 0.5) is 23.2 Å². The maximum atomic E-state index is 13.5. The molecule has 2 aromatic carbocycles. The van der Waals surface area contributed by atoms with Gasteiger partial charge in [0.05, 0.1) is 11.3 Å². The molecule has 0 bridgehead atoms. The van der Waals surface area contributed by atoms with Gasteiger partial charge in [0.2, 0.25) is 0 Å². The summed E-state index contributed by atoms with van der Waals surface area (Å²) in [5.41, 5.74) is 4.44. The average Bonchev–Trinajstić information content (AvgIpc) is 2.41. The largest absolute Gasteiger partial charge is 0.396 e. The molecule has 0 aliphatic heterocycles. The molecule has 0 fully saturated rings. The number of benzene rings is 2. The molecule has 0 spiro atoms. The monoisotopic (exact) mass is 298 g/mol. The molecule has 1 amide bonds. The van der Waals surface area contributed by atoms with Crippen molar-refractivity contribution >= 4 is 11.6 Å². The van der Waals surface area contributed by atoms with E-state index in [9.17, 15) is 22.4 Å². The van der Waals surface area contributed by atoms with E-state index in [1.807, 2.05) is 0 Å². The first-order chi connectivity index (χ1) is 9.88. The van der Waals surface area contributed by atoms with Gasteiger partial charge in [0.1, 0.15) is 23.3 Å². The predicted octanol–water partition coefficient (Wildman–Crippen LogP) is 2.76. The van der Waals surface area contributed by atoms with Crippen molar-refractivity contribution in [2.75, 3.05) is 5.73 Å². The summed E-state index contributed by atoms with van der Waals surface area (Å²) < 4.78 is 52.5. The second-order valence-corrected chi connectivity index (χ2v) is 4.27. The fourth-order valence-electron chi connectivity index (χ4n) is 1.68. The standard InChI is InChI=1S/C14H10F4N2O/c15-8-2-1-7(10(16)3-8)6-20-14(21)9-4-13(19)12(18)5-11(9)17/h1-5H,6,19H2,(H,20,21). The number of carbonyl (C=O) groups excluding carboxylic acids is 1. The summed E-state index contributed by atoms with van der Waals surface area (Å²) in [5.74, 6) is -4.54. The molecule has 21 heavy (non-hydrogen) atoms. The molecule has 0 heterocycles. The van der Waals surface area contributed by atoms with E-state index in [2.05, 4.69) is 5.32 Å². The number of anilines is 1. The molecule has 110 valence electrons. The Kier molecular flexibility index (Phi) is 4.11. The molecular formula is C14H10F4N2O. The molecule has 0 unspecified atom stereocenters. The Labute approximate surface area is 117 Å². The highest BCUT2D eigenvalue weighted by molar-refractivity contribution is 5.95. The Balaban J connectivity index is 2.13. The maximum absolute atomic E-state index is 13.5. The molecule has 3 nitrogen and oxygen atoms in total. The number of nitrogen functional groups attached to an aromatic ring is 1. The summed E-state index contributed by atoms with van der Waals surface area (Å²) >= 11 is 0. The number of amides is 1. The van der Waals surface area contributed by atoms with Gasteiger partial charge in [-0.15, -0.1) is 0 Å². The number of hydrogen-bond donors (Lipinski definition) is 2. The van der Waals surface area contributed by atoms with Crippen molar-refractivity contribution in [1.82, 2.24) is 5.32 Å². The highest BCUT2D eigenvalue weighted by Crippen LogP contribution is 2.17. The Morgan fingerprint density at radius 2 is 1.71 bits per heavy atom. The van der Waals surface area contributed by atoms with Gasteiger partial charge >= 0.3 is 0 Å². The van der Waals surface area contributed by atoms with Gasteiger partial charge < -0.3 is 11.1 Å². The SMILES string of the molecule is Nc1cc(C(=O)NCc2ccc(F)cc2F)c(F)cc1F. The third-order valence-corrected chi connectivity index (χ3v) is 2.79. The molecule has 3 N–H and O–H groups in total. The lowest BCUT2D eigenvalue weighted by Crippen LogP contribution is -2.24. The summed E-state index contributed by atoms with van der Waals surface area (Å²) in [6, 6.07) is 4.18. The smallest absolute Gasteiger partial charge is 0.254 e. The summed E-state index contributed by atoms with van der Waals surface area (Å²) in [5, 5.41) is 2.24. The van der Waals surface area contributed by atoms with Crippen LogP contribution >= 0.6 is 0 Å². The average molecular weight is 298 g/mol. The van der Waals surface area contributed by atoms with E-state index < -0.39 is 34.7 Å². The quantitative estimate of drug-likeness (QED) is 0.676. The minimum absolute atomic E-state index is 0.0280. The van der Waals surface area contributed by atoms with Crippen molar-refractivity contribution in [1.29, 1.82) is 0 Å². The Bertz CT molecular complexity index is 704. The Hall–Kier alpha value is -2.57. The van der Waals surface area contributed by atoms with Gasteiger partial charge in [0.15, 0.2) is 0 Å². The summed E-state index contributed by atoms with van der Waals surface area (Å²) in [4.78, 5) is 11.8. The van der Waals surface area contributed by atoms with Gasteiger partial charge in [-0.2, -0.15) is 0 Å². The van der Waals surface area contributed by atoms with E-state index in [1.165, 1.54) is 0 Å². The Morgan fingerprint density at radius 3 is 2.38 bits per heavy atom. The normalized spacial score (nSPS) is 10.5. The first kappa shape index (κ1) is 14.8. The first-order valence-corrected chi connectivity index (χ1v) is 5.85. The van der Waals surface area contributed by atoms with Crippen LogP contribution in [0.1, 0.15) is 15.9 Å². The van der Waals surface area contributed by atoms with E-state index in [-0.39, 0.29) is 17.8 Å². The van der Waals surface area contributed by atoms with Crippen LogP contribution in [-0.4, -0.2) is 5.91 Å². The number of carbonyl (C=O) groups is 1. The van der Waals surface area contributed by atoms with Crippen LogP contribution in [0.3, 0.4) is 0 Å². The number of rotatable bonds is 3. The van der Waals surface area contributed by atoms with Crippen molar-refractivity contribution in [3.05, 3.63) is 64.7 Å². The fourth-order valence-corrected chi connectivity index (χ4v) is 1.68. The van der Waals surface area contributed by atoms with Crippen molar-refractivity contribution in [3.63, 3.8) is 0 Å². The van der Waals surface area contributed by atoms with Gasteiger partial charge in [-0.1, -0.05) is 6.07 Å². The predicted molar refractivity (Wildman–Crippen MR) is 68.3 cm³/mol. The van der Waals surface area contributed by atoms with Gasteiger partial charge in [-0.25, -0.2) is 17.6 Å². The summed E-state index contributed by atoms with van der Waals surface area (Å²) in [6.45, 7) is -0.276. The molecule has 7 heteroatoms. The van der Waals surface area contributed by atoms with Crippen LogP contribution in [0.15, 0.2) is 30.3 Å². The van der Waals surface area contributed by atoms with Gasteiger partial charge in [0, 0.05) is 24.2 Å². The fraction of sp³-hybridized carbons (Fsp3) is 0.0714. The minimum Gasteiger partial charge on any atom is -0.396 e. The van der Waals surface area contributed by atoms with Gasteiger partial charge in [0.25, 0.3) is 5.91 Å². The van der Waals surface area contributed by atoms with Crippen LogP contribution in [-0.2, 0) is 6.54 Å². The van der Waals surface area contributed by atoms with E-state index >= 15 is 0 Å². The molecule has 0 saturated carbocycles. The maximum Gasteiger partial charge on any atom is 0.254 e. The second-order valence-electron chi connectivity index (χ2n) is 4.27. The zero-order valence-corrected chi connectivity index (χ0v) is 10.6. The molecule has 2 rings (SSSR count).